The van der Waals surface area contributed by atoms with E-state index in [0.717, 1.165) is 25.9 Å². The van der Waals surface area contributed by atoms with Crippen molar-refractivity contribution in [2.24, 2.45) is 11.8 Å². The number of piperidine rings is 1. The highest BCUT2D eigenvalue weighted by Crippen LogP contribution is 2.37. The van der Waals surface area contributed by atoms with Gasteiger partial charge >= 0.3 is 0 Å². The lowest BCUT2D eigenvalue weighted by molar-refractivity contribution is -0.385. The fraction of sp³-hybridized carbons (Fsp3) is 0.571. The minimum Gasteiger partial charge on any atom is -0.508 e. The molecular weight excluding hydrogens is 260 g/mol. The Morgan fingerprint density at radius 2 is 1.95 bits per heavy atom. The number of fused-ring (bicyclic) bond motifs is 2. The lowest BCUT2D eigenvalue weighted by Crippen LogP contribution is -2.44. The van der Waals surface area contributed by atoms with E-state index in [1.807, 2.05) is 0 Å². The van der Waals surface area contributed by atoms with E-state index in [9.17, 15) is 20.3 Å². The third kappa shape index (κ3) is 2.36. The molecule has 1 aliphatic carbocycles. The molecule has 2 aliphatic rings. The van der Waals surface area contributed by atoms with Gasteiger partial charge in [-0.05, 0) is 30.7 Å². The second-order valence-electron chi connectivity index (χ2n) is 5.85. The molecule has 6 heteroatoms. The molecule has 0 radical (unpaired) electrons. The van der Waals surface area contributed by atoms with Gasteiger partial charge in [0, 0.05) is 37.3 Å². The Morgan fingerprint density at radius 1 is 1.30 bits per heavy atom. The lowest BCUT2D eigenvalue weighted by Gasteiger charge is -2.35. The number of likely N-dealkylation sites (tertiary alicyclic amines) is 1. The fourth-order valence-corrected chi connectivity index (χ4v) is 3.47. The first kappa shape index (κ1) is 13.3. The summed E-state index contributed by atoms with van der Waals surface area (Å²) in [5.74, 6) is 0.693. The van der Waals surface area contributed by atoms with Crippen molar-refractivity contribution in [2.45, 2.75) is 25.5 Å². The Balaban J connectivity index is 1.75. The summed E-state index contributed by atoms with van der Waals surface area (Å²) in [6, 6.07) is 4.12. The first-order valence-corrected chi connectivity index (χ1v) is 6.91. The molecule has 0 spiro atoms. The van der Waals surface area contributed by atoms with Gasteiger partial charge in [-0.2, -0.15) is 0 Å². The Hall–Kier alpha value is -1.66. The topological polar surface area (TPSA) is 86.8 Å². The van der Waals surface area contributed by atoms with Gasteiger partial charge in [0.15, 0.2) is 0 Å². The zero-order chi connectivity index (χ0) is 14.3. The molecule has 2 bridgehead atoms. The van der Waals surface area contributed by atoms with Gasteiger partial charge in [0.2, 0.25) is 0 Å². The van der Waals surface area contributed by atoms with Crippen molar-refractivity contribution in [3.8, 4) is 5.75 Å². The molecule has 1 aliphatic heterocycles. The average Bonchev–Trinajstić information content (AvgIpc) is 2.64. The van der Waals surface area contributed by atoms with Gasteiger partial charge in [0.05, 0.1) is 11.0 Å². The predicted octanol–water partition coefficient (Wildman–Crippen LogP) is 1.50. The molecular formula is C14H18N2O4. The van der Waals surface area contributed by atoms with Gasteiger partial charge in [0.1, 0.15) is 5.75 Å². The summed E-state index contributed by atoms with van der Waals surface area (Å²) in [5, 5.41) is 30.6. The number of benzene rings is 1. The van der Waals surface area contributed by atoms with Crippen LogP contribution in [0.3, 0.4) is 0 Å². The van der Waals surface area contributed by atoms with Crippen molar-refractivity contribution in [1.82, 2.24) is 4.90 Å². The average molecular weight is 278 g/mol. The molecule has 0 aromatic heterocycles. The van der Waals surface area contributed by atoms with E-state index < -0.39 is 4.92 Å². The normalized spacial score (nSPS) is 29.6. The molecule has 2 atom stereocenters. The molecule has 1 saturated carbocycles. The van der Waals surface area contributed by atoms with Gasteiger partial charge in [-0.1, -0.05) is 0 Å². The highest BCUT2D eigenvalue weighted by molar-refractivity contribution is 5.43. The number of rotatable bonds is 3. The number of aromatic hydroxyl groups is 1. The maximum atomic E-state index is 10.8. The Bertz CT molecular complexity index is 520. The van der Waals surface area contributed by atoms with Crippen molar-refractivity contribution in [2.75, 3.05) is 13.1 Å². The monoisotopic (exact) mass is 278 g/mol. The van der Waals surface area contributed by atoms with E-state index >= 15 is 0 Å². The standard InChI is InChI=1S/C14H18N2O4/c17-13-4-3-12(16(19)20)5-11(13)8-15-6-9-1-2-10(7-15)14(9)18/h3-5,9-10,14,17-18H,1-2,6-8H2. The van der Waals surface area contributed by atoms with Crippen molar-refractivity contribution in [3.05, 3.63) is 33.9 Å². The SMILES string of the molecule is O=[N+]([O-])c1ccc(O)c(CN2CC3CCC(C2)C3O)c1. The van der Waals surface area contributed by atoms with E-state index in [4.69, 9.17) is 0 Å². The van der Waals surface area contributed by atoms with Crippen LogP contribution in [-0.4, -0.2) is 39.2 Å². The molecule has 6 nitrogen and oxygen atoms in total. The van der Waals surface area contributed by atoms with Gasteiger partial charge in [0.25, 0.3) is 5.69 Å². The summed E-state index contributed by atoms with van der Waals surface area (Å²) in [6.45, 7) is 2.08. The van der Waals surface area contributed by atoms with Gasteiger partial charge < -0.3 is 10.2 Å². The molecule has 20 heavy (non-hydrogen) atoms. The van der Waals surface area contributed by atoms with Crippen LogP contribution in [0, 0.1) is 22.0 Å². The Kier molecular flexibility index (Phi) is 3.35. The highest BCUT2D eigenvalue weighted by Gasteiger charge is 2.40. The zero-order valence-corrected chi connectivity index (χ0v) is 11.1. The van der Waals surface area contributed by atoms with E-state index in [1.54, 1.807) is 0 Å². The smallest absolute Gasteiger partial charge is 0.270 e. The molecule has 3 rings (SSSR count). The minimum absolute atomic E-state index is 0.00202. The number of aliphatic hydroxyl groups excluding tert-OH is 1. The molecule has 1 saturated heterocycles. The Labute approximate surface area is 116 Å². The minimum atomic E-state index is -0.452. The van der Waals surface area contributed by atoms with Gasteiger partial charge in [-0.25, -0.2) is 0 Å². The summed E-state index contributed by atoms with van der Waals surface area (Å²) < 4.78 is 0. The number of nitro groups is 1. The van der Waals surface area contributed by atoms with Crippen molar-refractivity contribution in [1.29, 1.82) is 0 Å². The number of hydrogen-bond donors (Lipinski definition) is 2. The largest absolute Gasteiger partial charge is 0.508 e. The second-order valence-corrected chi connectivity index (χ2v) is 5.85. The number of hydrogen-bond acceptors (Lipinski definition) is 5. The Morgan fingerprint density at radius 3 is 2.55 bits per heavy atom. The van der Waals surface area contributed by atoms with Crippen LogP contribution in [0.25, 0.3) is 0 Å². The molecule has 2 fully saturated rings. The summed E-state index contributed by atoms with van der Waals surface area (Å²) in [5.41, 5.74) is 0.577. The number of nitrogens with zero attached hydrogens (tertiary/aromatic N) is 2. The number of phenolic OH excluding ortho intramolecular Hbond substituents is 1. The number of phenols is 1. The molecule has 2 unspecified atom stereocenters. The number of nitro benzene ring substituents is 1. The first-order valence-electron chi connectivity index (χ1n) is 6.91. The van der Waals surface area contributed by atoms with Crippen molar-refractivity contribution in [3.63, 3.8) is 0 Å². The summed E-state index contributed by atoms with van der Waals surface area (Å²) in [7, 11) is 0. The van der Waals surface area contributed by atoms with Crippen LogP contribution in [0.1, 0.15) is 18.4 Å². The zero-order valence-electron chi connectivity index (χ0n) is 11.1. The predicted molar refractivity (Wildman–Crippen MR) is 72.3 cm³/mol. The van der Waals surface area contributed by atoms with E-state index in [0.29, 0.717) is 23.9 Å². The van der Waals surface area contributed by atoms with Crippen LogP contribution in [0.5, 0.6) is 5.75 Å². The van der Waals surface area contributed by atoms with E-state index in [1.165, 1.54) is 18.2 Å². The number of aliphatic hydroxyl groups is 1. The van der Waals surface area contributed by atoms with Crippen LogP contribution in [0.15, 0.2) is 18.2 Å². The maximum absolute atomic E-state index is 10.8. The van der Waals surface area contributed by atoms with Crippen LogP contribution in [-0.2, 0) is 6.54 Å². The van der Waals surface area contributed by atoms with E-state index in [2.05, 4.69) is 4.90 Å². The molecule has 1 aromatic rings. The summed E-state index contributed by atoms with van der Waals surface area (Å²) in [4.78, 5) is 12.5. The summed E-state index contributed by atoms with van der Waals surface area (Å²) >= 11 is 0. The van der Waals surface area contributed by atoms with Gasteiger partial charge in [-0.15, -0.1) is 0 Å². The summed E-state index contributed by atoms with van der Waals surface area (Å²) in [6.07, 6.45) is 1.89. The third-order valence-electron chi connectivity index (χ3n) is 4.53. The van der Waals surface area contributed by atoms with Crippen LogP contribution in [0.2, 0.25) is 0 Å². The lowest BCUT2D eigenvalue weighted by atomic mass is 9.94. The maximum Gasteiger partial charge on any atom is 0.270 e. The van der Waals surface area contributed by atoms with Crippen LogP contribution in [0.4, 0.5) is 5.69 Å². The van der Waals surface area contributed by atoms with E-state index in [-0.39, 0.29) is 17.5 Å². The van der Waals surface area contributed by atoms with Crippen LogP contribution >= 0.6 is 0 Å². The molecule has 108 valence electrons. The van der Waals surface area contributed by atoms with Crippen molar-refractivity contribution >= 4 is 5.69 Å². The molecule has 2 N–H and O–H groups in total. The fourth-order valence-electron chi connectivity index (χ4n) is 3.47. The highest BCUT2D eigenvalue weighted by atomic mass is 16.6. The molecule has 1 heterocycles. The van der Waals surface area contributed by atoms with Gasteiger partial charge in [-0.3, -0.25) is 15.0 Å². The third-order valence-corrected chi connectivity index (χ3v) is 4.53. The second kappa shape index (κ2) is 5.03. The molecule has 0 amide bonds. The van der Waals surface area contributed by atoms with Crippen LogP contribution < -0.4 is 0 Å². The first-order chi connectivity index (χ1) is 9.54. The van der Waals surface area contributed by atoms with Crippen molar-refractivity contribution < 1.29 is 15.1 Å². The quantitative estimate of drug-likeness (QED) is 0.646. The number of non-ortho nitro benzene ring substituents is 1. The molecule has 1 aromatic carbocycles.